The van der Waals surface area contributed by atoms with Gasteiger partial charge in [-0.05, 0) is 71.4 Å². The zero-order valence-electron chi connectivity index (χ0n) is 24.6. The first kappa shape index (κ1) is 29.5. The van der Waals surface area contributed by atoms with Gasteiger partial charge >= 0.3 is 5.97 Å². The van der Waals surface area contributed by atoms with E-state index in [1.807, 2.05) is 6.92 Å². The van der Waals surface area contributed by atoms with Gasteiger partial charge in [0, 0.05) is 42.0 Å². The molecular weight excluding hydrogens is 515 g/mol. The van der Waals surface area contributed by atoms with E-state index in [0.29, 0.717) is 48.1 Å². The Hall–Kier alpha value is -3.53. The van der Waals surface area contributed by atoms with Gasteiger partial charge in [0.25, 0.3) is 5.91 Å². The van der Waals surface area contributed by atoms with E-state index in [0.717, 1.165) is 24.0 Å². The van der Waals surface area contributed by atoms with Crippen LogP contribution in [0.15, 0.2) is 12.1 Å². The smallest absolute Gasteiger partial charge is 0.337 e. The fourth-order valence-corrected chi connectivity index (χ4v) is 5.05. The van der Waals surface area contributed by atoms with Crippen LogP contribution in [0.4, 0.5) is 4.39 Å². The lowest BCUT2D eigenvalue weighted by Crippen LogP contribution is -2.29. The van der Waals surface area contributed by atoms with Gasteiger partial charge in [-0.15, -0.1) is 0 Å². The molecule has 3 heterocycles. The summed E-state index contributed by atoms with van der Waals surface area (Å²) in [5.41, 5.74) is 2.61. The van der Waals surface area contributed by atoms with Crippen LogP contribution in [0.25, 0.3) is 16.9 Å². The summed E-state index contributed by atoms with van der Waals surface area (Å²) in [6, 6.07) is 2.94. The summed E-state index contributed by atoms with van der Waals surface area (Å²) in [5.74, 6) is -1.38. The van der Waals surface area contributed by atoms with Crippen molar-refractivity contribution in [3.05, 3.63) is 46.0 Å². The minimum Gasteiger partial charge on any atom is -0.490 e. The van der Waals surface area contributed by atoms with Gasteiger partial charge in [-0.25, -0.2) is 18.7 Å². The number of aryl methyl sites for hydroxylation is 1. The van der Waals surface area contributed by atoms with Gasteiger partial charge < -0.3 is 19.5 Å². The number of benzene rings is 1. The lowest BCUT2D eigenvalue weighted by molar-refractivity contribution is -0.160. The molecule has 9 nitrogen and oxygen atoms in total. The predicted molar refractivity (Wildman–Crippen MR) is 149 cm³/mol. The summed E-state index contributed by atoms with van der Waals surface area (Å²) in [4.78, 5) is 32.2. The minimum atomic E-state index is -1.42. The summed E-state index contributed by atoms with van der Waals surface area (Å²) in [6.07, 6.45) is 0.780. The molecule has 0 spiro atoms. The van der Waals surface area contributed by atoms with E-state index in [1.165, 1.54) is 10.6 Å². The number of aliphatic carboxylic acids is 1. The standard InChI is InChI=1S/C30H39FN4O5/c1-16(2)11-12-34(8)28(36)22-15-23-32-18(4)24(27(29(37)38)40-30(5,6)7)25(35(23)33-22)20-14-21(31)26-19(17(20)3)10-9-13-39-26/h14-16,27H,9-13H2,1-8H3,(H,37,38)/t27-/m0/s1. The Bertz CT molecular complexity index is 1460. The van der Waals surface area contributed by atoms with E-state index in [1.54, 1.807) is 45.7 Å². The number of carbonyl (C=O) groups is 2. The number of nitrogens with zero attached hydrogens (tertiary/aromatic N) is 4. The number of hydrogen-bond donors (Lipinski definition) is 1. The van der Waals surface area contributed by atoms with Crippen LogP contribution in [0.1, 0.15) is 86.4 Å². The molecule has 0 bridgehead atoms. The third-order valence-corrected chi connectivity index (χ3v) is 7.09. The molecule has 3 aromatic rings. The van der Waals surface area contributed by atoms with Crippen LogP contribution in [-0.2, 0) is 16.0 Å². The van der Waals surface area contributed by atoms with Crippen molar-refractivity contribution in [2.75, 3.05) is 20.2 Å². The monoisotopic (exact) mass is 554 g/mol. The van der Waals surface area contributed by atoms with E-state index in [2.05, 4.69) is 23.9 Å². The molecule has 10 heteroatoms. The number of amides is 1. The number of carboxylic acids is 1. The van der Waals surface area contributed by atoms with Crippen molar-refractivity contribution in [2.45, 2.75) is 79.4 Å². The van der Waals surface area contributed by atoms with Gasteiger partial charge in [-0.2, -0.15) is 5.10 Å². The van der Waals surface area contributed by atoms with E-state index in [9.17, 15) is 14.7 Å². The topological polar surface area (TPSA) is 106 Å². The van der Waals surface area contributed by atoms with Crippen molar-refractivity contribution in [1.29, 1.82) is 0 Å². The molecule has 2 aromatic heterocycles. The highest BCUT2D eigenvalue weighted by molar-refractivity contribution is 5.93. The second kappa shape index (κ2) is 11.2. The minimum absolute atomic E-state index is 0.166. The molecule has 1 aliphatic heterocycles. The second-order valence-electron chi connectivity index (χ2n) is 11.9. The third-order valence-electron chi connectivity index (χ3n) is 7.09. The Labute approximate surface area is 234 Å². The average Bonchev–Trinajstić information content (AvgIpc) is 3.30. The molecule has 1 N–H and O–H groups in total. The summed E-state index contributed by atoms with van der Waals surface area (Å²) >= 11 is 0. The number of halogens is 1. The molecule has 216 valence electrons. The van der Waals surface area contributed by atoms with Crippen molar-refractivity contribution in [1.82, 2.24) is 19.5 Å². The maximum atomic E-state index is 15.5. The zero-order valence-corrected chi connectivity index (χ0v) is 24.6. The van der Waals surface area contributed by atoms with Crippen LogP contribution >= 0.6 is 0 Å². The van der Waals surface area contributed by atoms with Gasteiger partial charge in [0.05, 0.1) is 17.9 Å². The molecule has 0 unspecified atom stereocenters. The lowest BCUT2D eigenvalue weighted by Gasteiger charge is -2.28. The maximum absolute atomic E-state index is 15.5. The highest BCUT2D eigenvalue weighted by Crippen LogP contribution is 2.41. The molecule has 0 saturated heterocycles. The largest absolute Gasteiger partial charge is 0.490 e. The van der Waals surface area contributed by atoms with E-state index >= 15 is 4.39 Å². The van der Waals surface area contributed by atoms with Crippen LogP contribution in [0.2, 0.25) is 0 Å². The molecule has 1 amide bonds. The molecule has 40 heavy (non-hydrogen) atoms. The Balaban J connectivity index is 2.01. The maximum Gasteiger partial charge on any atom is 0.337 e. The predicted octanol–water partition coefficient (Wildman–Crippen LogP) is 5.54. The zero-order chi connectivity index (χ0) is 29.5. The first-order valence-corrected chi connectivity index (χ1v) is 13.7. The van der Waals surface area contributed by atoms with Crippen molar-refractivity contribution in [2.24, 2.45) is 5.92 Å². The molecule has 1 atom stereocenters. The Morgan fingerprint density at radius 1 is 1.25 bits per heavy atom. The van der Waals surface area contributed by atoms with Crippen LogP contribution in [0.5, 0.6) is 5.75 Å². The Morgan fingerprint density at radius 2 is 1.95 bits per heavy atom. The number of ether oxygens (including phenoxy) is 2. The summed E-state index contributed by atoms with van der Waals surface area (Å²) < 4.78 is 28.6. The van der Waals surface area contributed by atoms with Crippen LogP contribution in [-0.4, -0.2) is 62.3 Å². The van der Waals surface area contributed by atoms with Crippen molar-refractivity contribution < 1.29 is 28.6 Å². The average molecular weight is 555 g/mol. The van der Waals surface area contributed by atoms with Gasteiger partial charge in [0.1, 0.15) is 0 Å². The van der Waals surface area contributed by atoms with Crippen LogP contribution in [0, 0.1) is 25.6 Å². The van der Waals surface area contributed by atoms with Crippen LogP contribution in [0.3, 0.4) is 0 Å². The van der Waals surface area contributed by atoms with Crippen molar-refractivity contribution in [3.63, 3.8) is 0 Å². The highest BCUT2D eigenvalue weighted by atomic mass is 19.1. The van der Waals surface area contributed by atoms with Crippen molar-refractivity contribution in [3.8, 4) is 17.0 Å². The van der Waals surface area contributed by atoms with Gasteiger partial charge in [0.2, 0.25) is 0 Å². The van der Waals surface area contributed by atoms with Gasteiger partial charge in [-0.3, -0.25) is 4.79 Å². The highest BCUT2D eigenvalue weighted by Gasteiger charge is 2.35. The number of carbonyl (C=O) groups excluding carboxylic acids is 1. The van der Waals surface area contributed by atoms with E-state index in [-0.39, 0.29) is 22.9 Å². The van der Waals surface area contributed by atoms with Crippen LogP contribution < -0.4 is 4.74 Å². The fourth-order valence-electron chi connectivity index (χ4n) is 5.05. The second-order valence-corrected chi connectivity index (χ2v) is 11.9. The lowest BCUT2D eigenvalue weighted by atomic mass is 9.91. The molecule has 0 saturated carbocycles. The number of aromatic nitrogens is 3. The Kier molecular flexibility index (Phi) is 8.21. The molecule has 4 rings (SSSR count). The summed E-state index contributed by atoms with van der Waals surface area (Å²) in [7, 11) is 1.72. The van der Waals surface area contributed by atoms with Crippen molar-refractivity contribution >= 4 is 17.5 Å². The molecule has 0 aliphatic carbocycles. The van der Waals surface area contributed by atoms with Gasteiger partial charge in [0.15, 0.2) is 29.0 Å². The third kappa shape index (κ3) is 5.82. The number of rotatable bonds is 8. The molecule has 1 aromatic carbocycles. The summed E-state index contributed by atoms with van der Waals surface area (Å²) in [6.45, 7) is 14.0. The number of fused-ring (bicyclic) bond motifs is 2. The van der Waals surface area contributed by atoms with E-state index in [4.69, 9.17) is 9.47 Å². The SMILES string of the molecule is Cc1nc2cc(C(=O)N(C)CCC(C)C)nn2c(-c2cc(F)c3c(c2C)CCCO3)c1[C@H](OC(C)(C)C)C(=O)O. The first-order valence-electron chi connectivity index (χ1n) is 13.7. The first-order chi connectivity index (χ1) is 18.7. The molecular formula is C30H39FN4O5. The Morgan fingerprint density at radius 3 is 2.58 bits per heavy atom. The normalized spacial score (nSPS) is 14.2. The number of carboxylic acid groups (broad SMARTS) is 1. The molecule has 0 radical (unpaired) electrons. The number of hydrogen-bond acceptors (Lipinski definition) is 6. The quantitative estimate of drug-likeness (QED) is 0.390. The molecule has 1 aliphatic rings. The van der Waals surface area contributed by atoms with E-state index < -0.39 is 23.5 Å². The summed E-state index contributed by atoms with van der Waals surface area (Å²) in [5, 5.41) is 14.9. The van der Waals surface area contributed by atoms with Gasteiger partial charge in [-0.1, -0.05) is 13.8 Å². The fraction of sp³-hybridized carbons (Fsp3) is 0.533. The molecule has 0 fully saturated rings.